The highest BCUT2D eigenvalue weighted by atomic mass is 32.2. The van der Waals surface area contributed by atoms with Crippen LogP contribution in [-0.2, 0) is 0 Å². The van der Waals surface area contributed by atoms with Crippen LogP contribution in [0.25, 0.3) is 22.1 Å². The first-order valence-corrected chi connectivity index (χ1v) is 20.4. The van der Waals surface area contributed by atoms with Gasteiger partial charge >= 0.3 is 0 Å². The van der Waals surface area contributed by atoms with Crippen molar-refractivity contribution in [3.63, 3.8) is 0 Å². The summed E-state index contributed by atoms with van der Waals surface area (Å²) < 4.78 is 0. The second-order valence-corrected chi connectivity index (χ2v) is 16.5. The Morgan fingerprint density at radius 3 is 1.38 bits per heavy atom. The first-order chi connectivity index (χ1) is 28.1. The minimum Gasteiger partial charge on any atom is -0.399 e. The van der Waals surface area contributed by atoms with E-state index in [4.69, 9.17) is 21.4 Å². The Kier molecular flexibility index (Phi) is 11.1. The highest BCUT2D eigenvalue weighted by molar-refractivity contribution is 7.99. The van der Waals surface area contributed by atoms with E-state index >= 15 is 0 Å². The van der Waals surface area contributed by atoms with Gasteiger partial charge in [0.15, 0.2) is 11.3 Å². The number of anilines is 6. The Balaban J connectivity index is 1.16. The van der Waals surface area contributed by atoms with Gasteiger partial charge < -0.3 is 22.1 Å². The number of hydrogen-bond acceptors (Lipinski definition) is 12. The Bertz CT molecular complexity index is 2670. The molecule has 0 aliphatic carbocycles. The smallest absolute Gasteiger partial charge is 0.164 e. The van der Waals surface area contributed by atoms with Crippen LogP contribution in [0.1, 0.15) is 62.0 Å². The maximum absolute atomic E-state index is 6.14. The van der Waals surface area contributed by atoms with Gasteiger partial charge in [0.25, 0.3) is 0 Å². The molecule has 6 N–H and O–H groups in total. The second-order valence-electron chi connectivity index (χ2n) is 14.2. The minimum absolute atomic E-state index is 0.278. The van der Waals surface area contributed by atoms with Crippen LogP contribution in [0.3, 0.4) is 0 Å². The molecule has 0 unspecified atom stereocenters. The van der Waals surface area contributed by atoms with Gasteiger partial charge in [0.05, 0.1) is 22.1 Å². The van der Waals surface area contributed by atoms with E-state index < -0.39 is 0 Å². The summed E-state index contributed by atoms with van der Waals surface area (Å²) in [5.74, 6) is 8.68. The number of nitrogen functional groups attached to an aromatic ring is 2. The zero-order valence-corrected chi connectivity index (χ0v) is 34.0. The predicted octanol–water partition coefficient (Wildman–Crippen LogP) is 11.0. The van der Waals surface area contributed by atoms with Crippen molar-refractivity contribution in [3.05, 3.63) is 144 Å². The van der Waals surface area contributed by atoms with Gasteiger partial charge in [-0.2, -0.15) is 0 Å². The molecule has 58 heavy (non-hydrogen) atoms. The standard InChI is InChI=1S/C46H40N10S2/c1-27(2)37-17-15-35-43(53-37)49-25-51-45(35)55-39-21-29(13-19-41(39)57-33-9-5-7-31(47)23-33)11-12-30-14-20-42(58-34-10-6-8-32(48)24-34)40(22-30)56-46-36-16-18-38(28(3)4)54-44(36)50-26-52-46/h5-10,13-28H,47-48H2,1-4H3,(H,49,51,53,55)(H,50,52,54,56). The summed E-state index contributed by atoms with van der Waals surface area (Å²) in [6, 6.07) is 36.0. The number of hydrogen-bond donors (Lipinski definition) is 4. The fraction of sp³-hybridized carbons (Fsp3) is 0.130. The number of aromatic nitrogens is 6. The van der Waals surface area contributed by atoms with Crippen LogP contribution >= 0.6 is 23.5 Å². The van der Waals surface area contributed by atoms with Crippen molar-refractivity contribution < 1.29 is 0 Å². The lowest BCUT2D eigenvalue weighted by molar-refractivity contribution is 0.827. The number of rotatable bonds is 10. The molecular weight excluding hydrogens is 757 g/mol. The Morgan fingerprint density at radius 2 is 0.966 bits per heavy atom. The van der Waals surface area contributed by atoms with Crippen LogP contribution < -0.4 is 22.1 Å². The molecule has 4 heterocycles. The summed E-state index contributed by atoms with van der Waals surface area (Å²) >= 11 is 3.22. The lowest BCUT2D eigenvalue weighted by Gasteiger charge is -2.14. The molecule has 10 nitrogen and oxygen atoms in total. The van der Waals surface area contributed by atoms with E-state index in [-0.39, 0.29) is 11.8 Å². The molecule has 0 radical (unpaired) electrons. The van der Waals surface area contributed by atoms with Crippen molar-refractivity contribution >= 4 is 80.0 Å². The fourth-order valence-electron chi connectivity index (χ4n) is 6.15. The molecule has 0 bridgehead atoms. The average molecular weight is 797 g/mol. The minimum atomic E-state index is 0.278. The molecule has 0 aliphatic rings. The van der Waals surface area contributed by atoms with Crippen LogP contribution in [0, 0.1) is 11.8 Å². The molecule has 0 saturated heterocycles. The van der Waals surface area contributed by atoms with E-state index in [0.29, 0.717) is 34.3 Å². The Morgan fingerprint density at radius 1 is 0.517 bits per heavy atom. The monoisotopic (exact) mass is 796 g/mol. The maximum Gasteiger partial charge on any atom is 0.164 e. The molecule has 12 heteroatoms. The van der Waals surface area contributed by atoms with Crippen molar-refractivity contribution in [2.24, 2.45) is 0 Å². The summed E-state index contributed by atoms with van der Waals surface area (Å²) in [4.78, 5) is 31.8. The van der Waals surface area contributed by atoms with Crippen molar-refractivity contribution in [2.45, 2.75) is 59.1 Å². The van der Waals surface area contributed by atoms with E-state index in [9.17, 15) is 0 Å². The normalized spacial score (nSPS) is 11.2. The summed E-state index contributed by atoms with van der Waals surface area (Å²) in [6.07, 6.45) is 3.08. The molecule has 0 atom stereocenters. The lowest BCUT2D eigenvalue weighted by atomic mass is 10.1. The number of benzene rings is 4. The molecule has 4 aromatic carbocycles. The first-order valence-electron chi connectivity index (χ1n) is 18.8. The van der Waals surface area contributed by atoms with Crippen LogP contribution in [-0.4, -0.2) is 29.9 Å². The predicted molar refractivity (Wildman–Crippen MR) is 238 cm³/mol. The molecule has 4 aromatic heterocycles. The third-order valence-corrected chi connectivity index (χ3v) is 11.3. The summed E-state index contributed by atoms with van der Waals surface area (Å²) in [5.41, 5.74) is 20.2. The van der Waals surface area contributed by atoms with Crippen LogP contribution in [0.2, 0.25) is 0 Å². The molecule has 0 fully saturated rings. The van der Waals surface area contributed by atoms with Gasteiger partial charge in [-0.05, 0) is 109 Å². The van der Waals surface area contributed by atoms with Gasteiger partial charge in [-0.25, -0.2) is 29.9 Å². The highest BCUT2D eigenvalue weighted by Gasteiger charge is 2.14. The quantitative estimate of drug-likeness (QED) is 0.0769. The van der Waals surface area contributed by atoms with Gasteiger partial charge in [-0.15, -0.1) is 0 Å². The van der Waals surface area contributed by atoms with Gasteiger partial charge in [0, 0.05) is 53.5 Å². The first kappa shape index (κ1) is 38.2. The number of nitrogens with two attached hydrogens (primary N) is 2. The van der Waals surface area contributed by atoms with Gasteiger partial charge in [-0.1, -0.05) is 75.2 Å². The van der Waals surface area contributed by atoms with Crippen molar-refractivity contribution in [1.82, 2.24) is 29.9 Å². The topological polar surface area (TPSA) is 153 Å². The van der Waals surface area contributed by atoms with Crippen molar-refractivity contribution in [3.8, 4) is 11.8 Å². The number of nitrogens with one attached hydrogen (secondary N) is 2. The van der Waals surface area contributed by atoms with Crippen LogP contribution in [0.5, 0.6) is 0 Å². The SMILES string of the molecule is CC(C)c1ccc2c(Nc3cc(C#Cc4ccc(Sc5cccc(N)c5)c(Nc5ncnc6nc(C(C)C)ccc56)c4)ccc3Sc3cccc(N)c3)ncnc2n1. The molecule has 0 spiro atoms. The van der Waals surface area contributed by atoms with E-state index in [1.54, 1.807) is 36.2 Å². The summed E-state index contributed by atoms with van der Waals surface area (Å²) in [7, 11) is 0. The van der Waals surface area contributed by atoms with E-state index in [0.717, 1.165) is 64.2 Å². The molecule has 0 aliphatic heterocycles. The zero-order valence-electron chi connectivity index (χ0n) is 32.4. The van der Waals surface area contributed by atoms with Crippen molar-refractivity contribution in [2.75, 3.05) is 22.1 Å². The summed E-state index contributed by atoms with van der Waals surface area (Å²) in [6.45, 7) is 8.47. The summed E-state index contributed by atoms with van der Waals surface area (Å²) in [5, 5.41) is 8.82. The van der Waals surface area contributed by atoms with E-state index in [1.165, 1.54) is 0 Å². The third kappa shape index (κ3) is 8.81. The number of pyridine rings is 2. The molecule has 8 aromatic rings. The molecule has 8 rings (SSSR count). The van der Waals surface area contributed by atoms with E-state index in [1.807, 2.05) is 97.1 Å². The largest absolute Gasteiger partial charge is 0.399 e. The molecular formula is C46H40N10S2. The lowest BCUT2D eigenvalue weighted by Crippen LogP contribution is -2.01. The number of fused-ring (bicyclic) bond motifs is 2. The molecule has 0 saturated carbocycles. The van der Waals surface area contributed by atoms with Crippen LogP contribution in [0.15, 0.2) is 141 Å². The van der Waals surface area contributed by atoms with Crippen molar-refractivity contribution in [1.29, 1.82) is 0 Å². The van der Waals surface area contributed by atoms with Gasteiger partial charge in [0.2, 0.25) is 0 Å². The Hall–Kier alpha value is -6.68. The maximum atomic E-state index is 6.14. The third-order valence-electron chi connectivity index (χ3n) is 9.21. The molecule has 286 valence electrons. The van der Waals surface area contributed by atoms with Gasteiger partial charge in [-0.3, -0.25) is 0 Å². The molecule has 0 amide bonds. The Labute approximate surface area is 345 Å². The van der Waals surface area contributed by atoms with Gasteiger partial charge in [0.1, 0.15) is 24.3 Å². The van der Waals surface area contributed by atoms with Crippen LogP contribution in [0.4, 0.5) is 34.4 Å². The average Bonchev–Trinajstić information content (AvgIpc) is 3.21. The fourth-order valence-corrected chi connectivity index (χ4v) is 8.06. The van der Waals surface area contributed by atoms with E-state index in [2.05, 4.69) is 82.2 Å². The zero-order chi connectivity index (χ0) is 40.2. The highest BCUT2D eigenvalue weighted by Crippen LogP contribution is 2.39. The number of nitrogens with zero attached hydrogens (tertiary/aromatic N) is 6. The second kappa shape index (κ2) is 16.8.